The van der Waals surface area contributed by atoms with Gasteiger partial charge in [-0.15, -0.1) is 0 Å². The Morgan fingerprint density at radius 3 is 2.87 bits per heavy atom. The average molecular weight is 214 g/mol. The quantitative estimate of drug-likeness (QED) is 0.523. The van der Waals surface area contributed by atoms with E-state index in [1.165, 1.54) is 0 Å². The molecule has 1 aliphatic heterocycles. The lowest BCUT2D eigenvalue weighted by Crippen LogP contribution is -2.07. The third kappa shape index (κ3) is 5.17. The molecule has 3 nitrogen and oxygen atoms in total. The van der Waals surface area contributed by atoms with Gasteiger partial charge in [-0.3, -0.25) is 4.79 Å². The van der Waals surface area contributed by atoms with Crippen LogP contribution in [0.25, 0.3) is 0 Å². The van der Waals surface area contributed by atoms with Crippen molar-refractivity contribution in [1.29, 1.82) is 0 Å². The van der Waals surface area contributed by atoms with E-state index in [0.29, 0.717) is 6.42 Å². The molecule has 1 N–H and O–H groups in total. The number of aliphatic hydroxyl groups is 1. The van der Waals surface area contributed by atoms with E-state index in [0.717, 1.165) is 44.9 Å². The van der Waals surface area contributed by atoms with Crippen LogP contribution in [0.4, 0.5) is 0 Å². The summed E-state index contributed by atoms with van der Waals surface area (Å²) in [5.74, 6) is -0.0404. The SMILES string of the molecule is CC[C@@H](O)CCCCC[C@H]1CCC(=O)O1. The van der Waals surface area contributed by atoms with E-state index < -0.39 is 0 Å². The van der Waals surface area contributed by atoms with Gasteiger partial charge in [-0.25, -0.2) is 0 Å². The van der Waals surface area contributed by atoms with E-state index in [9.17, 15) is 9.90 Å². The predicted molar refractivity (Wildman–Crippen MR) is 58.5 cm³/mol. The molecule has 0 aliphatic carbocycles. The molecule has 0 aromatic carbocycles. The first kappa shape index (κ1) is 12.5. The maximum atomic E-state index is 10.8. The van der Waals surface area contributed by atoms with Gasteiger partial charge in [-0.05, 0) is 32.1 Å². The van der Waals surface area contributed by atoms with E-state index in [2.05, 4.69) is 0 Å². The van der Waals surface area contributed by atoms with Crippen LogP contribution < -0.4 is 0 Å². The Labute approximate surface area is 91.8 Å². The van der Waals surface area contributed by atoms with Crippen molar-refractivity contribution >= 4 is 5.97 Å². The summed E-state index contributed by atoms with van der Waals surface area (Å²) in [6.45, 7) is 2.00. The summed E-state index contributed by atoms with van der Waals surface area (Å²) in [6.07, 6.45) is 7.60. The Hall–Kier alpha value is -0.570. The first-order valence-electron chi connectivity index (χ1n) is 6.10. The molecule has 0 aromatic heterocycles. The van der Waals surface area contributed by atoms with E-state index in [4.69, 9.17) is 4.74 Å². The van der Waals surface area contributed by atoms with Gasteiger partial charge in [0.25, 0.3) is 0 Å². The minimum Gasteiger partial charge on any atom is -0.462 e. The molecule has 0 unspecified atom stereocenters. The third-order valence-corrected chi connectivity index (χ3v) is 3.00. The highest BCUT2D eigenvalue weighted by atomic mass is 16.5. The topological polar surface area (TPSA) is 46.5 Å². The molecule has 1 rings (SSSR count). The summed E-state index contributed by atoms with van der Waals surface area (Å²) in [4.78, 5) is 10.8. The zero-order valence-corrected chi connectivity index (χ0v) is 9.58. The van der Waals surface area contributed by atoms with Crippen molar-refractivity contribution in [3.8, 4) is 0 Å². The van der Waals surface area contributed by atoms with Crippen LogP contribution in [0.3, 0.4) is 0 Å². The lowest BCUT2D eigenvalue weighted by Gasteiger charge is -2.09. The normalized spacial score (nSPS) is 22.8. The van der Waals surface area contributed by atoms with Crippen LogP contribution in [0.15, 0.2) is 0 Å². The number of carbonyl (C=O) groups is 1. The Morgan fingerprint density at radius 1 is 1.47 bits per heavy atom. The molecule has 0 aromatic rings. The number of carbonyl (C=O) groups excluding carboxylic acids is 1. The largest absolute Gasteiger partial charge is 0.462 e. The standard InChI is InChI=1S/C12H22O3/c1-2-10(13)6-4-3-5-7-11-8-9-12(14)15-11/h10-11,13H,2-9H2,1H3/t10-,11+/m1/s1. The number of unbranched alkanes of at least 4 members (excludes halogenated alkanes) is 2. The van der Waals surface area contributed by atoms with Gasteiger partial charge >= 0.3 is 5.97 Å². The monoisotopic (exact) mass is 214 g/mol. The zero-order valence-electron chi connectivity index (χ0n) is 9.58. The van der Waals surface area contributed by atoms with Crippen molar-refractivity contribution in [2.45, 2.75) is 70.5 Å². The summed E-state index contributed by atoms with van der Waals surface area (Å²) >= 11 is 0. The zero-order chi connectivity index (χ0) is 11.1. The van der Waals surface area contributed by atoms with Crippen molar-refractivity contribution in [2.24, 2.45) is 0 Å². The second-order valence-electron chi connectivity index (χ2n) is 4.35. The molecular weight excluding hydrogens is 192 g/mol. The van der Waals surface area contributed by atoms with Crippen molar-refractivity contribution in [3.05, 3.63) is 0 Å². The van der Waals surface area contributed by atoms with Gasteiger partial charge < -0.3 is 9.84 Å². The number of hydrogen-bond donors (Lipinski definition) is 1. The highest BCUT2D eigenvalue weighted by Crippen LogP contribution is 2.19. The van der Waals surface area contributed by atoms with Gasteiger partial charge in [-0.2, -0.15) is 0 Å². The molecule has 1 heterocycles. The van der Waals surface area contributed by atoms with Crippen molar-refractivity contribution in [1.82, 2.24) is 0 Å². The van der Waals surface area contributed by atoms with Crippen LogP contribution in [-0.4, -0.2) is 23.3 Å². The maximum Gasteiger partial charge on any atom is 0.306 e. The van der Waals surface area contributed by atoms with Crippen LogP contribution in [0.2, 0.25) is 0 Å². The lowest BCUT2D eigenvalue weighted by molar-refractivity contribution is -0.141. The molecule has 1 fully saturated rings. The molecule has 1 aliphatic rings. The molecule has 3 heteroatoms. The van der Waals surface area contributed by atoms with Gasteiger partial charge in [0.1, 0.15) is 6.10 Å². The number of aliphatic hydroxyl groups excluding tert-OH is 1. The summed E-state index contributed by atoms with van der Waals surface area (Å²) in [5, 5.41) is 9.33. The van der Waals surface area contributed by atoms with Gasteiger partial charge in [0, 0.05) is 6.42 Å². The van der Waals surface area contributed by atoms with E-state index >= 15 is 0 Å². The van der Waals surface area contributed by atoms with Crippen LogP contribution >= 0.6 is 0 Å². The van der Waals surface area contributed by atoms with Crippen LogP contribution in [0.1, 0.15) is 58.3 Å². The second-order valence-corrected chi connectivity index (χ2v) is 4.35. The van der Waals surface area contributed by atoms with Crippen LogP contribution in [-0.2, 0) is 9.53 Å². The van der Waals surface area contributed by atoms with Crippen LogP contribution in [0, 0.1) is 0 Å². The number of hydrogen-bond acceptors (Lipinski definition) is 3. The fourth-order valence-electron chi connectivity index (χ4n) is 1.92. The van der Waals surface area contributed by atoms with Crippen molar-refractivity contribution in [2.75, 3.05) is 0 Å². The number of cyclic esters (lactones) is 1. The second kappa shape index (κ2) is 6.83. The predicted octanol–water partition coefficient (Wildman–Crippen LogP) is 2.41. The summed E-state index contributed by atoms with van der Waals surface area (Å²) < 4.78 is 5.12. The Morgan fingerprint density at radius 2 is 2.27 bits per heavy atom. The molecule has 2 atom stereocenters. The van der Waals surface area contributed by atoms with Gasteiger partial charge in [-0.1, -0.05) is 19.8 Å². The van der Waals surface area contributed by atoms with E-state index in [1.807, 2.05) is 6.92 Å². The average Bonchev–Trinajstić information content (AvgIpc) is 2.63. The first-order chi connectivity index (χ1) is 7.22. The first-order valence-corrected chi connectivity index (χ1v) is 6.10. The van der Waals surface area contributed by atoms with Crippen molar-refractivity contribution < 1.29 is 14.6 Å². The molecule has 0 bridgehead atoms. The molecule has 15 heavy (non-hydrogen) atoms. The van der Waals surface area contributed by atoms with Crippen molar-refractivity contribution in [3.63, 3.8) is 0 Å². The molecule has 0 saturated carbocycles. The highest BCUT2D eigenvalue weighted by molar-refractivity contribution is 5.71. The summed E-state index contributed by atoms with van der Waals surface area (Å²) in [5.41, 5.74) is 0. The fourth-order valence-corrected chi connectivity index (χ4v) is 1.92. The highest BCUT2D eigenvalue weighted by Gasteiger charge is 2.22. The molecule has 0 amide bonds. The number of rotatable bonds is 7. The Kier molecular flexibility index (Phi) is 5.69. The van der Waals surface area contributed by atoms with Gasteiger partial charge in [0.05, 0.1) is 6.10 Å². The molecular formula is C12H22O3. The minimum atomic E-state index is -0.130. The van der Waals surface area contributed by atoms with E-state index in [-0.39, 0.29) is 18.2 Å². The smallest absolute Gasteiger partial charge is 0.306 e. The van der Waals surface area contributed by atoms with E-state index in [1.54, 1.807) is 0 Å². The number of esters is 1. The summed E-state index contributed by atoms with van der Waals surface area (Å²) in [7, 11) is 0. The molecule has 0 radical (unpaired) electrons. The Bertz CT molecular complexity index is 191. The van der Waals surface area contributed by atoms with Gasteiger partial charge in [0.15, 0.2) is 0 Å². The van der Waals surface area contributed by atoms with Gasteiger partial charge in [0.2, 0.25) is 0 Å². The summed E-state index contributed by atoms with van der Waals surface area (Å²) in [6, 6.07) is 0. The molecule has 0 spiro atoms. The molecule has 88 valence electrons. The van der Waals surface area contributed by atoms with Crippen LogP contribution in [0.5, 0.6) is 0 Å². The minimum absolute atomic E-state index is 0.0404. The lowest BCUT2D eigenvalue weighted by atomic mass is 10.0. The molecule has 1 saturated heterocycles. The number of ether oxygens (including phenoxy) is 1. The third-order valence-electron chi connectivity index (χ3n) is 3.00. The Balaban J connectivity index is 1.91. The fraction of sp³-hybridized carbons (Fsp3) is 0.917. The maximum absolute atomic E-state index is 10.8.